The fourth-order valence-corrected chi connectivity index (χ4v) is 2.78. The van der Waals surface area contributed by atoms with Gasteiger partial charge in [0.1, 0.15) is 5.15 Å². The van der Waals surface area contributed by atoms with E-state index in [-0.39, 0.29) is 0 Å². The molecule has 0 spiro atoms. The molecule has 0 aliphatic rings. The maximum atomic E-state index is 6.36. The zero-order chi connectivity index (χ0) is 14.2. The highest BCUT2D eigenvalue weighted by Gasteiger charge is 2.10. The molecule has 0 amide bonds. The van der Waals surface area contributed by atoms with Crippen LogP contribution >= 0.6 is 11.6 Å². The van der Waals surface area contributed by atoms with Gasteiger partial charge in [0.15, 0.2) is 5.82 Å². The number of hydrogen-bond acceptors (Lipinski definition) is 2. The minimum Gasteiger partial charge on any atom is -0.227 e. The van der Waals surface area contributed by atoms with Crippen molar-refractivity contribution in [1.82, 2.24) is 9.97 Å². The van der Waals surface area contributed by atoms with Gasteiger partial charge in [0, 0.05) is 16.3 Å². The first-order valence-electron chi connectivity index (χ1n) is 6.73. The molecule has 0 N–H and O–H groups in total. The van der Waals surface area contributed by atoms with Gasteiger partial charge in [-0.05, 0) is 11.5 Å². The highest BCUT2D eigenvalue weighted by Crippen LogP contribution is 2.30. The van der Waals surface area contributed by atoms with Crippen LogP contribution in [0, 0.1) is 0 Å². The predicted octanol–water partition coefficient (Wildman–Crippen LogP) is 5.10. The summed E-state index contributed by atoms with van der Waals surface area (Å²) in [5.41, 5.74) is 1.86. The second-order valence-electron chi connectivity index (χ2n) is 4.89. The lowest BCUT2D eigenvalue weighted by atomic mass is 10.1. The van der Waals surface area contributed by atoms with E-state index in [1.54, 1.807) is 0 Å². The Morgan fingerprint density at radius 3 is 2.29 bits per heavy atom. The molecule has 0 aliphatic heterocycles. The Morgan fingerprint density at radius 2 is 1.43 bits per heavy atom. The minimum absolute atomic E-state index is 0.490. The summed E-state index contributed by atoms with van der Waals surface area (Å²) >= 11 is 6.36. The van der Waals surface area contributed by atoms with Crippen LogP contribution < -0.4 is 0 Å². The van der Waals surface area contributed by atoms with Gasteiger partial charge in [-0.3, -0.25) is 0 Å². The van der Waals surface area contributed by atoms with Crippen molar-refractivity contribution >= 4 is 33.3 Å². The molecule has 1 heterocycles. The fourth-order valence-electron chi connectivity index (χ4n) is 2.54. The second kappa shape index (κ2) is 4.83. The Hall–Kier alpha value is -2.45. The van der Waals surface area contributed by atoms with E-state index in [1.165, 1.54) is 0 Å². The molecule has 2 nitrogen and oxygen atoms in total. The summed E-state index contributed by atoms with van der Waals surface area (Å²) in [5.74, 6) is 0.657. The average molecular weight is 291 g/mol. The molecule has 4 rings (SSSR count). The number of hydrogen-bond donors (Lipinski definition) is 0. The lowest BCUT2D eigenvalue weighted by Gasteiger charge is -2.07. The third kappa shape index (κ3) is 2.05. The average Bonchev–Trinajstić information content (AvgIpc) is 2.55. The Labute approximate surface area is 127 Å². The summed E-state index contributed by atoms with van der Waals surface area (Å²) in [6.07, 6.45) is 0. The monoisotopic (exact) mass is 290 g/mol. The van der Waals surface area contributed by atoms with Crippen molar-refractivity contribution in [1.29, 1.82) is 0 Å². The smallest absolute Gasteiger partial charge is 0.161 e. The lowest BCUT2D eigenvalue weighted by Crippen LogP contribution is -1.92. The molecule has 1 aromatic heterocycles. The number of fused-ring (bicyclic) bond motifs is 3. The number of benzene rings is 3. The number of aromatic nitrogens is 2. The van der Waals surface area contributed by atoms with Gasteiger partial charge in [0.05, 0.1) is 5.52 Å². The molecular formula is C18H11ClN2. The molecule has 21 heavy (non-hydrogen) atoms. The highest BCUT2D eigenvalue weighted by atomic mass is 35.5. The third-order valence-corrected chi connectivity index (χ3v) is 3.86. The van der Waals surface area contributed by atoms with E-state index in [2.05, 4.69) is 23.2 Å². The minimum atomic E-state index is 0.490. The first-order chi connectivity index (χ1) is 10.3. The fraction of sp³-hybridized carbons (Fsp3) is 0. The van der Waals surface area contributed by atoms with Gasteiger partial charge < -0.3 is 0 Å². The zero-order valence-corrected chi connectivity index (χ0v) is 11.9. The first-order valence-corrected chi connectivity index (χ1v) is 7.11. The number of nitrogens with zero attached hydrogens (tertiary/aromatic N) is 2. The molecule has 0 radical (unpaired) electrons. The van der Waals surface area contributed by atoms with Gasteiger partial charge >= 0.3 is 0 Å². The van der Waals surface area contributed by atoms with Gasteiger partial charge in [-0.1, -0.05) is 72.3 Å². The molecule has 0 atom stereocenters. The van der Waals surface area contributed by atoms with Crippen LogP contribution in [0.2, 0.25) is 5.15 Å². The van der Waals surface area contributed by atoms with E-state index in [4.69, 9.17) is 16.6 Å². The van der Waals surface area contributed by atoms with Gasteiger partial charge in [-0.15, -0.1) is 0 Å². The van der Waals surface area contributed by atoms with Crippen LogP contribution in [0.4, 0.5) is 0 Å². The van der Waals surface area contributed by atoms with Crippen LogP contribution in [0.15, 0.2) is 66.7 Å². The van der Waals surface area contributed by atoms with Crippen molar-refractivity contribution in [2.75, 3.05) is 0 Å². The third-order valence-electron chi connectivity index (χ3n) is 3.58. The SMILES string of the molecule is Clc1nc(-c2ccccc2)nc2c1ccc1ccccc12. The van der Waals surface area contributed by atoms with Crippen molar-refractivity contribution in [3.05, 3.63) is 71.9 Å². The van der Waals surface area contributed by atoms with Crippen molar-refractivity contribution in [2.45, 2.75) is 0 Å². The van der Waals surface area contributed by atoms with E-state index in [0.29, 0.717) is 11.0 Å². The lowest BCUT2D eigenvalue weighted by molar-refractivity contribution is 1.23. The maximum Gasteiger partial charge on any atom is 0.161 e. The van der Waals surface area contributed by atoms with Gasteiger partial charge in [0.2, 0.25) is 0 Å². The van der Waals surface area contributed by atoms with Crippen LogP contribution in [-0.4, -0.2) is 9.97 Å². The predicted molar refractivity (Wildman–Crippen MR) is 87.5 cm³/mol. The van der Waals surface area contributed by atoms with Crippen molar-refractivity contribution in [3.8, 4) is 11.4 Å². The molecule has 0 bridgehead atoms. The molecular weight excluding hydrogens is 280 g/mol. The van der Waals surface area contributed by atoms with E-state index in [1.807, 2.05) is 48.5 Å². The van der Waals surface area contributed by atoms with E-state index in [9.17, 15) is 0 Å². The van der Waals surface area contributed by atoms with Crippen LogP contribution in [0.1, 0.15) is 0 Å². The maximum absolute atomic E-state index is 6.36. The highest BCUT2D eigenvalue weighted by molar-refractivity contribution is 6.35. The van der Waals surface area contributed by atoms with Crippen LogP contribution in [0.25, 0.3) is 33.1 Å². The topological polar surface area (TPSA) is 25.8 Å². The normalized spacial score (nSPS) is 11.1. The summed E-state index contributed by atoms with van der Waals surface area (Å²) in [4.78, 5) is 9.17. The zero-order valence-electron chi connectivity index (χ0n) is 11.1. The molecule has 3 heteroatoms. The summed E-state index contributed by atoms with van der Waals surface area (Å²) in [5, 5.41) is 3.62. The second-order valence-corrected chi connectivity index (χ2v) is 5.24. The van der Waals surface area contributed by atoms with Gasteiger partial charge in [0.25, 0.3) is 0 Å². The molecule has 0 saturated heterocycles. The van der Waals surface area contributed by atoms with E-state index < -0.39 is 0 Å². The van der Waals surface area contributed by atoms with Crippen molar-refractivity contribution in [2.24, 2.45) is 0 Å². The van der Waals surface area contributed by atoms with Crippen LogP contribution in [-0.2, 0) is 0 Å². The standard InChI is InChI=1S/C18H11ClN2/c19-17-15-11-10-12-6-4-5-9-14(12)16(15)20-18(21-17)13-7-2-1-3-8-13/h1-11H. The molecule has 0 unspecified atom stereocenters. The Morgan fingerprint density at radius 1 is 0.667 bits per heavy atom. The Bertz CT molecular complexity index is 949. The van der Waals surface area contributed by atoms with E-state index >= 15 is 0 Å². The first kappa shape index (κ1) is 12.3. The van der Waals surface area contributed by atoms with Gasteiger partial charge in [-0.25, -0.2) is 9.97 Å². The molecule has 4 aromatic rings. The molecule has 3 aromatic carbocycles. The molecule has 100 valence electrons. The number of rotatable bonds is 1. The number of halogens is 1. The van der Waals surface area contributed by atoms with E-state index in [0.717, 1.165) is 27.2 Å². The molecule has 0 saturated carbocycles. The Balaban J connectivity index is 2.10. The molecule has 0 aliphatic carbocycles. The quantitative estimate of drug-likeness (QED) is 0.360. The van der Waals surface area contributed by atoms with Crippen molar-refractivity contribution in [3.63, 3.8) is 0 Å². The molecule has 0 fully saturated rings. The Kier molecular flexibility index (Phi) is 2.83. The summed E-state index contributed by atoms with van der Waals surface area (Å²) in [7, 11) is 0. The van der Waals surface area contributed by atoms with Gasteiger partial charge in [-0.2, -0.15) is 0 Å². The van der Waals surface area contributed by atoms with Crippen LogP contribution in [0.5, 0.6) is 0 Å². The summed E-state index contributed by atoms with van der Waals surface area (Å²) in [6, 6.07) is 22.1. The van der Waals surface area contributed by atoms with Crippen molar-refractivity contribution < 1.29 is 0 Å². The largest absolute Gasteiger partial charge is 0.227 e. The summed E-state index contributed by atoms with van der Waals surface area (Å²) < 4.78 is 0. The summed E-state index contributed by atoms with van der Waals surface area (Å²) in [6.45, 7) is 0. The van der Waals surface area contributed by atoms with Crippen LogP contribution in [0.3, 0.4) is 0 Å².